The highest BCUT2D eigenvalue weighted by molar-refractivity contribution is 7.99. The molecule has 2 N–H and O–H groups in total. The lowest BCUT2D eigenvalue weighted by Crippen LogP contribution is -2.26. The zero-order valence-corrected chi connectivity index (χ0v) is 13.5. The fourth-order valence-electron chi connectivity index (χ4n) is 1.80. The first-order chi connectivity index (χ1) is 10.1. The molecule has 0 heterocycles. The van der Waals surface area contributed by atoms with Crippen LogP contribution < -0.4 is 10.0 Å². The SMILES string of the molecule is C#CCSCCNS(=O)(=O)c1ccc(CNC2CC2)cc1. The van der Waals surface area contributed by atoms with Crippen LogP contribution in [0.2, 0.25) is 0 Å². The third-order valence-corrected chi connectivity index (χ3v) is 5.47. The molecule has 1 saturated carbocycles. The summed E-state index contributed by atoms with van der Waals surface area (Å²) >= 11 is 1.54. The van der Waals surface area contributed by atoms with Gasteiger partial charge in [0.2, 0.25) is 10.0 Å². The number of hydrogen-bond acceptors (Lipinski definition) is 4. The maximum atomic E-state index is 12.1. The summed E-state index contributed by atoms with van der Waals surface area (Å²) in [6, 6.07) is 7.67. The lowest BCUT2D eigenvalue weighted by Gasteiger charge is -2.08. The van der Waals surface area contributed by atoms with Crippen molar-refractivity contribution in [1.29, 1.82) is 0 Å². The predicted molar refractivity (Wildman–Crippen MR) is 87.7 cm³/mol. The first-order valence-electron chi connectivity index (χ1n) is 6.95. The average molecular weight is 324 g/mol. The van der Waals surface area contributed by atoms with Crippen LogP contribution in [0.15, 0.2) is 29.2 Å². The van der Waals surface area contributed by atoms with Crippen molar-refractivity contribution in [2.75, 3.05) is 18.1 Å². The van der Waals surface area contributed by atoms with E-state index in [4.69, 9.17) is 6.42 Å². The summed E-state index contributed by atoms with van der Waals surface area (Å²) in [4.78, 5) is 0.305. The van der Waals surface area contributed by atoms with Crippen LogP contribution in [0.25, 0.3) is 0 Å². The van der Waals surface area contributed by atoms with Gasteiger partial charge in [-0.25, -0.2) is 13.1 Å². The highest BCUT2D eigenvalue weighted by atomic mass is 32.2. The van der Waals surface area contributed by atoms with Crippen molar-refractivity contribution >= 4 is 21.8 Å². The predicted octanol–water partition coefficient (Wildman–Crippen LogP) is 1.58. The summed E-state index contributed by atoms with van der Waals surface area (Å²) in [7, 11) is -3.42. The number of nitrogens with one attached hydrogen (secondary N) is 2. The number of sulfonamides is 1. The molecule has 2 rings (SSSR count). The Hall–Kier alpha value is -1.00. The highest BCUT2D eigenvalue weighted by Crippen LogP contribution is 2.19. The summed E-state index contributed by atoms with van der Waals surface area (Å²) in [5, 5.41) is 3.40. The van der Waals surface area contributed by atoms with E-state index in [9.17, 15) is 8.42 Å². The lowest BCUT2D eigenvalue weighted by atomic mass is 10.2. The second kappa shape index (κ2) is 7.85. The second-order valence-corrected chi connectivity index (χ2v) is 7.83. The van der Waals surface area contributed by atoms with Gasteiger partial charge in [0, 0.05) is 24.9 Å². The van der Waals surface area contributed by atoms with Gasteiger partial charge < -0.3 is 5.32 Å². The van der Waals surface area contributed by atoms with Crippen LogP contribution in [-0.4, -0.2) is 32.5 Å². The molecule has 0 aromatic heterocycles. The standard InChI is InChI=1S/C15H20N2O2S2/c1-2-10-20-11-9-17-21(18,19)15-7-3-13(4-8-15)12-16-14-5-6-14/h1,3-4,7-8,14,16-17H,5-6,9-12H2. The van der Waals surface area contributed by atoms with Gasteiger partial charge in [0.15, 0.2) is 0 Å². The summed E-state index contributed by atoms with van der Waals surface area (Å²) in [6.07, 6.45) is 7.62. The van der Waals surface area contributed by atoms with E-state index in [-0.39, 0.29) is 0 Å². The molecule has 0 bridgehead atoms. The van der Waals surface area contributed by atoms with Crippen molar-refractivity contribution < 1.29 is 8.42 Å². The van der Waals surface area contributed by atoms with E-state index < -0.39 is 10.0 Å². The molecule has 1 aromatic rings. The number of benzene rings is 1. The van der Waals surface area contributed by atoms with Gasteiger partial charge >= 0.3 is 0 Å². The van der Waals surface area contributed by atoms with Crippen molar-refractivity contribution in [3.8, 4) is 12.3 Å². The lowest BCUT2D eigenvalue weighted by molar-refractivity contribution is 0.584. The van der Waals surface area contributed by atoms with Crippen molar-refractivity contribution in [2.24, 2.45) is 0 Å². The van der Waals surface area contributed by atoms with Gasteiger partial charge in [0.25, 0.3) is 0 Å². The Kier molecular flexibility index (Phi) is 6.12. The zero-order valence-electron chi connectivity index (χ0n) is 11.8. The van der Waals surface area contributed by atoms with Crippen LogP contribution in [0.5, 0.6) is 0 Å². The molecule has 114 valence electrons. The van der Waals surface area contributed by atoms with Gasteiger partial charge in [0.05, 0.1) is 10.6 Å². The van der Waals surface area contributed by atoms with Crippen LogP contribution in [0.4, 0.5) is 0 Å². The molecule has 0 unspecified atom stereocenters. The molecular weight excluding hydrogens is 304 g/mol. The monoisotopic (exact) mass is 324 g/mol. The molecular formula is C15H20N2O2S2. The summed E-state index contributed by atoms with van der Waals surface area (Å²) in [5.74, 6) is 3.78. The van der Waals surface area contributed by atoms with Gasteiger partial charge in [-0.2, -0.15) is 0 Å². The molecule has 1 fully saturated rings. The number of hydrogen-bond donors (Lipinski definition) is 2. The molecule has 1 aliphatic rings. The highest BCUT2D eigenvalue weighted by Gasteiger charge is 2.20. The molecule has 0 radical (unpaired) electrons. The first-order valence-corrected chi connectivity index (χ1v) is 9.59. The Balaban J connectivity index is 1.82. The van der Waals surface area contributed by atoms with E-state index in [2.05, 4.69) is 16.0 Å². The number of rotatable bonds is 9. The minimum atomic E-state index is -3.42. The molecule has 1 aliphatic carbocycles. The van der Waals surface area contributed by atoms with Crippen molar-refractivity contribution in [2.45, 2.75) is 30.3 Å². The quantitative estimate of drug-likeness (QED) is 0.535. The summed E-state index contributed by atoms with van der Waals surface area (Å²) < 4.78 is 26.7. The number of terminal acetylenes is 1. The van der Waals surface area contributed by atoms with E-state index in [1.54, 1.807) is 12.1 Å². The molecule has 0 spiro atoms. The fraction of sp³-hybridized carbons (Fsp3) is 0.467. The molecule has 4 nitrogen and oxygen atoms in total. The molecule has 0 saturated heterocycles. The van der Waals surface area contributed by atoms with Crippen molar-refractivity contribution in [3.63, 3.8) is 0 Å². The Bertz CT molecular complexity index is 587. The summed E-state index contributed by atoms with van der Waals surface area (Å²) in [6.45, 7) is 1.18. The third-order valence-electron chi connectivity index (χ3n) is 3.13. The Morgan fingerprint density at radius 1 is 1.29 bits per heavy atom. The van der Waals surface area contributed by atoms with Crippen LogP contribution >= 0.6 is 11.8 Å². The molecule has 0 atom stereocenters. The second-order valence-electron chi connectivity index (χ2n) is 4.95. The number of thioether (sulfide) groups is 1. The van der Waals surface area contributed by atoms with E-state index >= 15 is 0 Å². The van der Waals surface area contributed by atoms with Gasteiger partial charge in [-0.3, -0.25) is 0 Å². The van der Waals surface area contributed by atoms with E-state index in [1.807, 2.05) is 12.1 Å². The average Bonchev–Trinajstić information content (AvgIpc) is 3.29. The summed E-state index contributed by atoms with van der Waals surface area (Å²) in [5.41, 5.74) is 1.10. The minimum Gasteiger partial charge on any atom is -0.310 e. The zero-order chi connectivity index (χ0) is 15.1. The Morgan fingerprint density at radius 2 is 2.00 bits per heavy atom. The smallest absolute Gasteiger partial charge is 0.240 e. The van der Waals surface area contributed by atoms with Crippen molar-refractivity contribution in [1.82, 2.24) is 10.0 Å². The molecule has 6 heteroatoms. The van der Waals surface area contributed by atoms with Gasteiger partial charge in [-0.15, -0.1) is 18.2 Å². The maximum absolute atomic E-state index is 12.1. The van der Waals surface area contributed by atoms with Crippen LogP contribution in [-0.2, 0) is 16.6 Å². The van der Waals surface area contributed by atoms with E-state index in [1.165, 1.54) is 24.6 Å². The van der Waals surface area contributed by atoms with Crippen LogP contribution in [0.1, 0.15) is 18.4 Å². The van der Waals surface area contributed by atoms with Gasteiger partial charge in [-0.1, -0.05) is 18.1 Å². The van der Waals surface area contributed by atoms with Crippen molar-refractivity contribution in [3.05, 3.63) is 29.8 Å². The van der Waals surface area contributed by atoms with Gasteiger partial charge in [0.1, 0.15) is 0 Å². The largest absolute Gasteiger partial charge is 0.310 e. The van der Waals surface area contributed by atoms with Gasteiger partial charge in [-0.05, 0) is 30.5 Å². The first kappa shape index (κ1) is 16.4. The molecule has 0 aliphatic heterocycles. The fourth-order valence-corrected chi connectivity index (χ4v) is 3.47. The normalized spacial score (nSPS) is 14.8. The topological polar surface area (TPSA) is 58.2 Å². The minimum absolute atomic E-state index is 0.305. The van der Waals surface area contributed by atoms with E-state index in [0.717, 1.165) is 12.1 Å². The maximum Gasteiger partial charge on any atom is 0.240 e. The molecule has 1 aromatic carbocycles. The van der Waals surface area contributed by atoms with E-state index in [0.29, 0.717) is 29.0 Å². The Morgan fingerprint density at radius 3 is 2.62 bits per heavy atom. The van der Waals surface area contributed by atoms with Crippen LogP contribution in [0, 0.1) is 12.3 Å². The Labute approximate surface area is 131 Å². The third kappa shape index (κ3) is 5.71. The van der Waals surface area contributed by atoms with Crippen LogP contribution in [0.3, 0.4) is 0 Å². The molecule has 0 amide bonds. The molecule has 21 heavy (non-hydrogen) atoms.